The summed E-state index contributed by atoms with van der Waals surface area (Å²) in [6.07, 6.45) is 0.819. The second-order valence-corrected chi connectivity index (χ2v) is 5.39. The summed E-state index contributed by atoms with van der Waals surface area (Å²) in [7, 11) is 0. The number of para-hydroxylation sites is 1. The number of carboxylic acids is 1. The summed E-state index contributed by atoms with van der Waals surface area (Å²) in [6.45, 7) is 4.41. The lowest BCUT2D eigenvalue weighted by atomic mass is 9.94. The van der Waals surface area contributed by atoms with Crippen molar-refractivity contribution in [1.82, 2.24) is 5.32 Å². The van der Waals surface area contributed by atoms with Crippen LogP contribution in [0, 0.1) is 11.8 Å². The van der Waals surface area contributed by atoms with Gasteiger partial charge in [-0.3, -0.25) is 9.59 Å². The normalized spacial score (nSPS) is 12.2. The van der Waals surface area contributed by atoms with Gasteiger partial charge in [0.05, 0.1) is 5.56 Å². The second-order valence-electron chi connectivity index (χ2n) is 5.39. The third-order valence-corrected chi connectivity index (χ3v) is 3.02. The first-order chi connectivity index (χ1) is 9.40. The summed E-state index contributed by atoms with van der Waals surface area (Å²) in [5.41, 5.74) is 6.58. The maximum atomic E-state index is 12.0. The zero-order valence-electron chi connectivity index (χ0n) is 11.9. The Morgan fingerprint density at radius 3 is 2.50 bits per heavy atom. The molecule has 1 atom stereocenters. The monoisotopic (exact) mass is 278 g/mol. The van der Waals surface area contributed by atoms with Gasteiger partial charge in [-0.1, -0.05) is 26.0 Å². The molecule has 1 rings (SSSR count). The van der Waals surface area contributed by atoms with Crippen LogP contribution in [-0.2, 0) is 4.79 Å². The number of carboxylic acid groups (broad SMARTS) is 1. The van der Waals surface area contributed by atoms with Crippen molar-refractivity contribution in [2.45, 2.75) is 26.7 Å². The molecule has 110 valence electrons. The Morgan fingerprint density at radius 2 is 1.95 bits per heavy atom. The van der Waals surface area contributed by atoms with Gasteiger partial charge in [-0.15, -0.1) is 0 Å². The Kier molecular flexibility index (Phi) is 6.03. The van der Waals surface area contributed by atoms with Crippen molar-refractivity contribution < 1.29 is 14.7 Å². The lowest BCUT2D eigenvalue weighted by molar-refractivity contribution is -0.138. The van der Waals surface area contributed by atoms with Crippen molar-refractivity contribution in [1.29, 1.82) is 0 Å². The quantitative estimate of drug-likeness (QED) is 0.666. The number of benzene rings is 1. The van der Waals surface area contributed by atoms with E-state index in [2.05, 4.69) is 5.32 Å². The first kappa shape index (κ1) is 16.0. The Hall–Kier alpha value is -2.04. The van der Waals surface area contributed by atoms with Gasteiger partial charge >= 0.3 is 5.97 Å². The van der Waals surface area contributed by atoms with E-state index in [0.717, 1.165) is 6.42 Å². The SMILES string of the molecule is CC(C)C[C@H](CNC(=O)c1ccccc1N)CC(=O)O. The number of nitrogen functional groups attached to an aromatic ring is 1. The van der Waals surface area contributed by atoms with Crippen molar-refractivity contribution >= 4 is 17.6 Å². The van der Waals surface area contributed by atoms with Crippen LogP contribution in [0.25, 0.3) is 0 Å². The standard InChI is InChI=1S/C15H22N2O3/c1-10(2)7-11(8-14(18)19)9-17-15(20)12-5-3-4-6-13(12)16/h3-6,10-11H,7-9,16H2,1-2H3,(H,17,20)(H,18,19)/t11-/m0/s1. The van der Waals surface area contributed by atoms with Crippen molar-refractivity contribution in [3.63, 3.8) is 0 Å². The molecule has 0 spiro atoms. The van der Waals surface area contributed by atoms with Gasteiger partial charge in [-0.25, -0.2) is 0 Å². The first-order valence-corrected chi connectivity index (χ1v) is 6.74. The van der Waals surface area contributed by atoms with E-state index in [1.807, 2.05) is 13.8 Å². The first-order valence-electron chi connectivity index (χ1n) is 6.74. The van der Waals surface area contributed by atoms with Crippen LogP contribution in [0.3, 0.4) is 0 Å². The van der Waals surface area contributed by atoms with E-state index in [1.54, 1.807) is 24.3 Å². The molecule has 4 N–H and O–H groups in total. The molecule has 0 aliphatic heterocycles. The molecule has 0 aromatic heterocycles. The molecule has 0 saturated heterocycles. The number of amides is 1. The summed E-state index contributed by atoms with van der Waals surface area (Å²) < 4.78 is 0. The van der Waals surface area contributed by atoms with E-state index >= 15 is 0 Å². The van der Waals surface area contributed by atoms with Crippen molar-refractivity contribution in [3.05, 3.63) is 29.8 Å². The number of anilines is 1. The molecule has 1 aromatic carbocycles. The van der Waals surface area contributed by atoms with E-state index in [-0.39, 0.29) is 18.2 Å². The number of aliphatic carboxylic acids is 1. The molecule has 0 unspecified atom stereocenters. The minimum Gasteiger partial charge on any atom is -0.481 e. The van der Waals surface area contributed by atoms with Crippen LogP contribution in [0.4, 0.5) is 5.69 Å². The van der Waals surface area contributed by atoms with Gasteiger partial charge in [0.25, 0.3) is 5.91 Å². The fourth-order valence-electron chi connectivity index (χ4n) is 2.19. The molecule has 1 amide bonds. The van der Waals surface area contributed by atoms with Crippen LogP contribution in [0.15, 0.2) is 24.3 Å². The number of hydrogen-bond acceptors (Lipinski definition) is 3. The Labute approximate surface area is 119 Å². The van der Waals surface area contributed by atoms with Gasteiger partial charge in [0.2, 0.25) is 0 Å². The van der Waals surface area contributed by atoms with Crippen LogP contribution in [0.2, 0.25) is 0 Å². The molecule has 0 aliphatic carbocycles. The molecular formula is C15H22N2O3. The Morgan fingerprint density at radius 1 is 1.30 bits per heavy atom. The summed E-state index contributed by atoms with van der Waals surface area (Å²) in [5, 5.41) is 11.7. The Balaban J connectivity index is 2.60. The highest BCUT2D eigenvalue weighted by molar-refractivity contribution is 5.99. The molecule has 0 radical (unpaired) electrons. The lowest BCUT2D eigenvalue weighted by Gasteiger charge is -2.18. The van der Waals surface area contributed by atoms with Crippen LogP contribution in [0.5, 0.6) is 0 Å². The van der Waals surface area contributed by atoms with E-state index in [9.17, 15) is 9.59 Å². The van der Waals surface area contributed by atoms with E-state index < -0.39 is 5.97 Å². The van der Waals surface area contributed by atoms with Crippen molar-refractivity contribution in [2.24, 2.45) is 11.8 Å². The molecule has 0 saturated carbocycles. The number of carbonyl (C=O) groups is 2. The number of nitrogens with one attached hydrogen (secondary N) is 1. The van der Waals surface area contributed by atoms with Gasteiger partial charge in [-0.2, -0.15) is 0 Å². The van der Waals surface area contributed by atoms with Crippen LogP contribution >= 0.6 is 0 Å². The number of hydrogen-bond donors (Lipinski definition) is 3. The maximum Gasteiger partial charge on any atom is 0.303 e. The number of carbonyl (C=O) groups excluding carboxylic acids is 1. The average molecular weight is 278 g/mol. The molecule has 5 heteroatoms. The highest BCUT2D eigenvalue weighted by Gasteiger charge is 2.17. The summed E-state index contributed by atoms with van der Waals surface area (Å²) in [4.78, 5) is 22.8. The smallest absolute Gasteiger partial charge is 0.303 e. The molecule has 0 heterocycles. The van der Waals surface area contributed by atoms with E-state index in [0.29, 0.717) is 23.7 Å². The lowest BCUT2D eigenvalue weighted by Crippen LogP contribution is -2.31. The average Bonchev–Trinajstić information content (AvgIpc) is 2.34. The summed E-state index contributed by atoms with van der Waals surface area (Å²) in [5.74, 6) is -0.786. The number of rotatable bonds is 7. The zero-order valence-corrected chi connectivity index (χ0v) is 11.9. The van der Waals surface area contributed by atoms with Crippen LogP contribution in [-0.4, -0.2) is 23.5 Å². The summed E-state index contributed by atoms with van der Waals surface area (Å²) in [6, 6.07) is 6.82. The highest BCUT2D eigenvalue weighted by atomic mass is 16.4. The van der Waals surface area contributed by atoms with Gasteiger partial charge in [0.1, 0.15) is 0 Å². The predicted molar refractivity (Wildman–Crippen MR) is 78.4 cm³/mol. The largest absolute Gasteiger partial charge is 0.481 e. The summed E-state index contributed by atoms with van der Waals surface area (Å²) >= 11 is 0. The fourth-order valence-corrected chi connectivity index (χ4v) is 2.19. The van der Waals surface area contributed by atoms with Gasteiger partial charge in [-0.05, 0) is 30.4 Å². The zero-order chi connectivity index (χ0) is 15.1. The number of nitrogens with two attached hydrogens (primary N) is 1. The van der Waals surface area contributed by atoms with Crippen LogP contribution in [0.1, 0.15) is 37.0 Å². The van der Waals surface area contributed by atoms with Gasteiger partial charge < -0.3 is 16.2 Å². The third-order valence-electron chi connectivity index (χ3n) is 3.02. The minimum atomic E-state index is -0.843. The predicted octanol–water partition coefficient (Wildman–Crippen LogP) is 2.14. The van der Waals surface area contributed by atoms with Crippen molar-refractivity contribution in [3.8, 4) is 0 Å². The Bertz CT molecular complexity index is 472. The second kappa shape index (κ2) is 7.53. The molecule has 5 nitrogen and oxygen atoms in total. The molecule has 0 fully saturated rings. The third kappa shape index (κ3) is 5.30. The maximum absolute atomic E-state index is 12.0. The fraction of sp³-hybridized carbons (Fsp3) is 0.467. The molecule has 0 aliphatic rings. The molecular weight excluding hydrogens is 256 g/mol. The van der Waals surface area contributed by atoms with Crippen LogP contribution < -0.4 is 11.1 Å². The van der Waals surface area contributed by atoms with Crippen molar-refractivity contribution in [2.75, 3.05) is 12.3 Å². The highest BCUT2D eigenvalue weighted by Crippen LogP contribution is 2.16. The minimum absolute atomic E-state index is 0.0583. The topological polar surface area (TPSA) is 92.4 Å². The molecule has 20 heavy (non-hydrogen) atoms. The van der Waals surface area contributed by atoms with E-state index in [1.165, 1.54) is 0 Å². The molecule has 0 bridgehead atoms. The van der Waals surface area contributed by atoms with E-state index in [4.69, 9.17) is 10.8 Å². The van der Waals surface area contributed by atoms with Gasteiger partial charge in [0.15, 0.2) is 0 Å². The molecule has 1 aromatic rings. The van der Waals surface area contributed by atoms with Gasteiger partial charge in [0, 0.05) is 18.7 Å².